The molecule has 1 aromatic rings. The smallest absolute Gasteiger partial charge is 0.309 e. The van der Waals surface area contributed by atoms with Gasteiger partial charge in [0.05, 0.1) is 25.2 Å². The second-order valence-corrected chi connectivity index (χ2v) is 5.73. The van der Waals surface area contributed by atoms with Gasteiger partial charge >= 0.3 is 5.97 Å². The summed E-state index contributed by atoms with van der Waals surface area (Å²) in [5, 5.41) is 0. The molecule has 1 fully saturated rings. The number of nitrogens with two attached hydrogens (primary N) is 1. The van der Waals surface area contributed by atoms with Gasteiger partial charge in [-0.1, -0.05) is 44.2 Å². The third-order valence-electron chi connectivity index (χ3n) is 3.76. The number of rotatable bonds is 6. The van der Waals surface area contributed by atoms with Gasteiger partial charge in [0.15, 0.2) is 0 Å². The lowest BCUT2D eigenvalue weighted by Gasteiger charge is -2.18. The van der Waals surface area contributed by atoms with E-state index in [2.05, 4.69) is 0 Å². The summed E-state index contributed by atoms with van der Waals surface area (Å²) >= 11 is 0. The Labute approximate surface area is 120 Å². The van der Waals surface area contributed by atoms with E-state index in [1.807, 2.05) is 44.2 Å². The summed E-state index contributed by atoms with van der Waals surface area (Å²) < 4.78 is 11.0. The Morgan fingerprint density at radius 1 is 1.35 bits per heavy atom. The summed E-state index contributed by atoms with van der Waals surface area (Å²) in [6.07, 6.45) is 0.484. The highest BCUT2D eigenvalue weighted by atomic mass is 16.6. The number of hydrogen-bond donors (Lipinski definition) is 1. The van der Waals surface area contributed by atoms with Gasteiger partial charge in [0.2, 0.25) is 0 Å². The lowest BCUT2D eigenvalue weighted by molar-refractivity contribution is -0.146. The fourth-order valence-corrected chi connectivity index (χ4v) is 2.43. The number of benzene rings is 1. The molecule has 0 aromatic heterocycles. The Morgan fingerprint density at radius 3 is 2.65 bits per heavy atom. The Morgan fingerprint density at radius 2 is 2.05 bits per heavy atom. The first-order valence-electron chi connectivity index (χ1n) is 7.15. The van der Waals surface area contributed by atoms with Gasteiger partial charge in [-0.3, -0.25) is 4.79 Å². The number of hydrogen-bond acceptors (Lipinski definition) is 4. The first-order chi connectivity index (χ1) is 9.58. The lowest BCUT2D eigenvalue weighted by Crippen LogP contribution is -2.38. The predicted molar refractivity (Wildman–Crippen MR) is 76.9 cm³/mol. The molecule has 0 saturated carbocycles. The number of carbonyl (C=O) groups is 1. The number of cyclic esters (lactones) is 1. The van der Waals surface area contributed by atoms with Crippen molar-refractivity contribution in [2.24, 2.45) is 17.6 Å². The van der Waals surface area contributed by atoms with E-state index in [-0.39, 0.29) is 24.0 Å². The van der Waals surface area contributed by atoms with Crippen molar-refractivity contribution in [1.29, 1.82) is 0 Å². The molecule has 4 nitrogen and oxygen atoms in total. The molecular weight excluding hydrogens is 254 g/mol. The third-order valence-corrected chi connectivity index (χ3v) is 3.76. The second kappa shape index (κ2) is 6.86. The van der Waals surface area contributed by atoms with E-state index in [0.717, 1.165) is 5.56 Å². The molecule has 0 radical (unpaired) electrons. The molecule has 2 unspecified atom stereocenters. The molecular formula is C16H23NO3. The van der Waals surface area contributed by atoms with E-state index < -0.39 is 0 Å². The van der Waals surface area contributed by atoms with Gasteiger partial charge in [0.25, 0.3) is 0 Å². The van der Waals surface area contributed by atoms with Crippen LogP contribution in [0, 0.1) is 11.8 Å². The molecule has 0 amide bonds. The van der Waals surface area contributed by atoms with E-state index in [4.69, 9.17) is 15.2 Å². The number of ether oxygens (including phenoxy) is 2. The van der Waals surface area contributed by atoms with Crippen LogP contribution in [0.3, 0.4) is 0 Å². The van der Waals surface area contributed by atoms with Gasteiger partial charge in [-0.2, -0.15) is 0 Å². The molecule has 2 rings (SSSR count). The predicted octanol–water partition coefficient (Wildman–Crippen LogP) is 2.12. The quantitative estimate of drug-likeness (QED) is 0.809. The summed E-state index contributed by atoms with van der Waals surface area (Å²) in [4.78, 5) is 11.7. The maximum Gasteiger partial charge on any atom is 0.309 e. The van der Waals surface area contributed by atoms with Crippen molar-refractivity contribution in [3.05, 3.63) is 35.9 Å². The van der Waals surface area contributed by atoms with Gasteiger partial charge in [0, 0.05) is 0 Å². The van der Waals surface area contributed by atoms with Crippen LogP contribution < -0.4 is 5.73 Å². The van der Waals surface area contributed by atoms with Crippen molar-refractivity contribution >= 4 is 5.97 Å². The molecule has 1 aromatic carbocycles. The minimum Gasteiger partial charge on any atom is -0.460 e. The zero-order chi connectivity index (χ0) is 14.5. The van der Waals surface area contributed by atoms with Crippen molar-refractivity contribution in [2.75, 3.05) is 6.61 Å². The molecule has 20 heavy (non-hydrogen) atoms. The zero-order valence-electron chi connectivity index (χ0n) is 12.1. The van der Waals surface area contributed by atoms with E-state index in [9.17, 15) is 4.79 Å². The highest BCUT2D eigenvalue weighted by Crippen LogP contribution is 2.28. The highest BCUT2D eigenvalue weighted by Gasteiger charge is 2.39. The van der Waals surface area contributed by atoms with E-state index in [1.165, 1.54) is 0 Å². The maximum atomic E-state index is 11.7. The fraction of sp³-hybridized carbons (Fsp3) is 0.562. The molecule has 110 valence electrons. The van der Waals surface area contributed by atoms with Gasteiger partial charge in [-0.25, -0.2) is 0 Å². The molecule has 1 saturated heterocycles. The molecule has 0 aliphatic carbocycles. The van der Waals surface area contributed by atoms with Crippen LogP contribution in [-0.4, -0.2) is 24.7 Å². The third kappa shape index (κ3) is 3.81. The molecule has 3 atom stereocenters. The molecule has 4 heteroatoms. The van der Waals surface area contributed by atoms with Crippen molar-refractivity contribution in [3.8, 4) is 0 Å². The van der Waals surface area contributed by atoms with Crippen LogP contribution in [0.15, 0.2) is 30.3 Å². The first-order valence-corrected chi connectivity index (χ1v) is 7.15. The van der Waals surface area contributed by atoms with Crippen LogP contribution in [0.4, 0.5) is 0 Å². The summed E-state index contributed by atoms with van der Waals surface area (Å²) in [7, 11) is 0. The normalized spacial score (nSPS) is 23.9. The van der Waals surface area contributed by atoms with Crippen molar-refractivity contribution in [2.45, 2.75) is 39.0 Å². The van der Waals surface area contributed by atoms with Gasteiger partial charge in [-0.05, 0) is 17.9 Å². The highest BCUT2D eigenvalue weighted by molar-refractivity contribution is 5.75. The van der Waals surface area contributed by atoms with Gasteiger partial charge in [0.1, 0.15) is 6.10 Å². The Kier molecular flexibility index (Phi) is 5.15. The van der Waals surface area contributed by atoms with E-state index >= 15 is 0 Å². The lowest BCUT2D eigenvalue weighted by atomic mass is 9.91. The summed E-state index contributed by atoms with van der Waals surface area (Å²) in [5.41, 5.74) is 7.18. The average molecular weight is 277 g/mol. The van der Waals surface area contributed by atoms with Crippen LogP contribution in [-0.2, 0) is 20.9 Å². The van der Waals surface area contributed by atoms with Crippen LogP contribution in [0.1, 0.15) is 25.8 Å². The molecule has 1 aliphatic rings. The Bertz CT molecular complexity index is 433. The number of carbonyl (C=O) groups excluding carboxylic acids is 1. The fourth-order valence-electron chi connectivity index (χ4n) is 2.43. The number of esters is 1. The van der Waals surface area contributed by atoms with Crippen LogP contribution in [0.25, 0.3) is 0 Å². The molecule has 0 spiro atoms. The van der Waals surface area contributed by atoms with Crippen molar-refractivity contribution in [1.82, 2.24) is 0 Å². The minimum atomic E-state index is -0.258. The van der Waals surface area contributed by atoms with Crippen LogP contribution >= 0.6 is 0 Å². The van der Waals surface area contributed by atoms with Gasteiger partial charge < -0.3 is 15.2 Å². The Hall–Kier alpha value is -1.39. The zero-order valence-corrected chi connectivity index (χ0v) is 12.1. The van der Waals surface area contributed by atoms with Crippen molar-refractivity contribution in [3.63, 3.8) is 0 Å². The summed E-state index contributed by atoms with van der Waals surface area (Å²) in [6, 6.07) is 9.69. The average Bonchev–Trinajstić information content (AvgIpc) is 2.82. The van der Waals surface area contributed by atoms with Crippen LogP contribution in [0.2, 0.25) is 0 Å². The minimum absolute atomic E-state index is 0.0276. The first kappa shape index (κ1) is 15.0. The SMILES string of the molecule is CC(C)[C@@H]1CC(C(N)COCc2ccccc2)OC1=O. The van der Waals surface area contributed by atoms with E-state index in [1.54, 1.807) is 0 Å². The molecule has 0 bridgehead atoms. The maximum absolute atomic E-state index is 11.7. The van der Waals surface area contributed by atoms with Gasteiger partial charge in [-0.15, -0.1) is 0 Å². The molecule has 2 N–H and O–H groups in total. The Balaban J connectivity index is 1.76. The van der Waals surface area contributed by atoms with Crippen LogP contribution in [0.5, 0.6) is 0 Å². The topological polar surface area (TPSA) is 61.6 Å². The van der Waals surface area contributed by atoms with Crippen molar-refractivity contribution < 1.29 is 14.3 Å². The summed E-state index contributed by atoms with van der Waals surface area (Å²) in [6.45, 7) is 5.00. The standard InChI is InChI=1S/C16H23NO3/c1-11(2)13-8-15(20-16(13)18)14(17)10-19-9-12-6-4-3-5-7-12/h3-7,11,13-15H,8-10,17H2,1-2H3/t13-,14?,15?/m0/s1. The molecule has 1 heterocycles. The van der Waals surface area contributed by atoms with E-state index in [0.29, 0.717) is 25.6 Å². The summed E-state index contributed by atoms with van der Waals surface area (Å²) in [5.74, 6) is 0.147. The largest absolute Gasteiger partial charge is 0.460 e. The second-order valence-electron chi connectivity index (χ2n) is 5.73. The molecule has 1 aliphatic heterocycles. The monoisotopic (exact) mass is 277 g/mol.